The monoisotopic (exact) mass is 219 g/mol. The van der Waals surface area contributed by atoms with Gasteiger partial charge in [-0.05, 0) is 6.07 Å². The van der Waals surface area contributed by atoms with Crippen molar-refractivity contribution in [1.82, 2.24) is 4.98 Å². The van der Waals surface area contributed by atoms with Crippen LogP contribution in [0.25, 0.3) is 0 Å². The van der Waals surface area contributed by atoms with Crippen molar-refractivity contribution in [2.24, 2.45) is 0 Å². The molecule has 3 N–H and O–H groups in total. The van der Waals surface area contributed by atoms with Gasteiger partial charge in [0.15, 0.2) is 0 Å². The van der Waals surface area contributed by atoms with E-state index in [0.717, 1.165) is 18.5 Å². The summed E-state index contributed by atoms with van der Waals surface area (Å²) in [6.07, 6.45) is 2.10. The lowest BCUT2D eigenvalue weighted by Crippen LogP contribution is -2.02. The number of phosphoric ester groups is 1. The van der Waals surface area contributed by atoms with Gasteiger partial charge in [-0.25, -0.2) is 9.36 Å². The van der Waals surface area contributed by atoms with Crippen molar-refractivity contribution in [2.45, 2.75) is 0 Å². The lowest BCUT2D eigenvalue weighted by molar-refractivity contribution is 0.0694. The van der Waals surface area contributed by atoms with E-state index in [2.05, 4.69) is 9.51 Å². The number of phosphoric acid groups is 1. The van der Waals surface area contributed by atoms with E-state index in [-0.39, 0.29) is 0 Å². The van der Waals surface area contributed by atoms with Gasteiger partial charge >= 0.3 is 13.8 Å². The van der Waals surface area contributed by atoms with Crippen LogP contribution in [0.4, 0.5) is 0 Å². The summed E-state index contributed by atoms with van der Waals surface area (Å²) >= 11 is 0. The third kappa shape index (κ3) is 2.81. The summed E-state index contributed by atoms with van der Waals surface area (Å²) in [5, 5.41) is 8.59. The highest BCUT2D eigenvalue weighted by molar-refractivity contribution is 7.46. The number of aromatic nitrogens is 1. The van der Waals surface area contributed by atoms with Crippen molar-refractivity contribution >= 4 is 13.8 Å². The first-order chi connectivity index (χ1) is 6.40. The predicted octanol–water partition coefficient (Wildman–Crippen LogP) is 0.251. The third-order valence-electron chi connectivity index (χ3n) is 1.23. The molecule has 8 heteroatoms. The number of carbonyl (C=O) groups is 1. The van der Waals surface area contributed by atoms with Crippen LogP contribution in [0.15, 0.2) is 18.5 Å². The van der Waals surface area contributed by atoms with E-state index in [1.165, 1.54) is 0 Å². The second-order valence-corrected chi connectivity index (χ2v) is 3.42. The number of nitrogens with zero attached hydrogens (tertiary/aromatic N) is 1. The fourth-order valence-corrected chi connectivity index (χ4v) is 1.17. The Morgan fingerprint density at radius 1 is 1.50 bits per heavy atom. The SMILES string of the molecule is O=C(O)c1cnccc1OP(=O)(O)O. The Bertz CT molecular complexity index is 399. The topological polar surface area (TPSA) is 117 Å². The number of hydrogen-bond donors (Lipinski definition) is 3. The Morgan fingerprint density at radius 3 is 2.64 bits per heavy atom. The molecule has 76 valence electrons. The summed E-state index contributed by atoms with van der Waals surface area (Å²) in [5.74, 6) is -1.79. The minimum absolute atomic E-state index is 0.407. The first-order valence-electron chi connectivity index (χ1n) is 3.32. The summed E-state index contributed by atoms with van der Waals surface area (Å²) in [5.41, 5.74) is -0.407. The van der Waals surface area contributed by atoms with Crippen LogP contribution in [-0.4, -0.2) is 25.8 Å². The first-order valence-corrected chi connectivity index (χ1v) is 4.85. The maximum atomic E-state index is 10.5. The van der Waals surface area contributed by atoms with Crippen molar-refractivity contribution in [1.29, 1.82) is 0 Å². The molecule has 0 saturated carbocycles. The molecule has 0 amide bonds. The third-order valence-corrected chi connectivity index (χ3v) is 1.66. The molecular weight excluding hydrogens is 213 g/mol. The average Bonchev–Trinajstić information content (AvgIpc) is 2.01. The molecule has 0 bridgehead atoms. The van der Waals surface area contributed by atoms with E-state index in [9.17, 15) is 9.36 Å². The molecule has 1 heterocycles. The van der Waals surface area contributed by atoms with Crippen LogP contribution in [-0.2, 0) is 4.57 Å². The van der Waals surface area contributed by atoms with Gasteiger partial charge in [-0.3, -0.25) is 14.8 Å². The van der Waals surface area contributed by atoms with Crippen LogP contribution >= 0.6 is 7.82 Å². The summed E-state index contributed by atoms with van der Waals surface area (Å²) in [6.45, 7) is 0. The summed E-state index contributed by atoms with van der Waals surface area (Å²) < 4.78 is 14.6. The van der Waals surface area contributed by atoms with Gasteiger partial charge < -0.3 is 9.63 Å². The first kappa shape index (κ1) is 10.6. The second-order valence-electron chi connectivity index (χ2n) is 2.26. The van der Waals surface area contributed by atoms with Crippen molar-refractivity contribution < 1.29 is 28.8 Å². The van der Waals surface area contributed by atoms with Gasteiger partial charge in [0.1, 0.15) is 11.3 Å². The number of rotatable bonds is 3. The van der Waals surface area contributed by atoms with Crippen LogP contribution in [0.2, 0.25) is 0 Å². The molecule has 0 aliphatic heterocycles. The molecule has 0 aromatic carbocycles. The molecule has 0 fully saturated rings. The molecule has 0 radical (unpaired) electrons. The predicted molar refractivity (Wildman–Crippen MR) is 43.9 cm³/mol. The van der Waals surface area contributed by atoms with Crippen LogP contribution < -0.4 is 4.52 Å². The maximum absolute atomic E-state index is 10.5. The quantitative estimate of drug-likeness (QED) is 0.623. The number of pyridine rings is 1. The average molecular weight is 219 g/mol. The van der Waals surface area contributed by atoms with Crippen molar-refractivity contribution in [2.75, 3.05) is 0 Å². The Balaban J connectivity index is 3.08. The van der Waals surface area contributed by atoms with Gasteiger partial charge in [0.25, 0.3) is 0 Å². The molecule has 1 aromatic heterocycles. The van der Waals surface area contributed by atoms with E-state index in [1.807, 2.05) is 0 Å². The molecular formula is C6H6NO6P. The maximum Gasteiger partial charge on any atom is 0.524 e. The lowest BCUT2D eigenvalue weighted by atomic mass is 10.3. The van der Waals surface area contributed by atoms with Gasteiger partial charge in [-0.2, -0.15) is 0 Å². The zero-order chi connectivity index (χ0) is 10.8. The standard InChI is InChI=1S/C6H6NO6P/c8-6(9)4-3-7-2-1-5(4)13-14(10,11)12/h1-3H,(H,8,9)(H2,10,11,12). The summed E-state index contributed by atoms with van der Waals surface area (Å²) in [6, 6.07) is 1.06. The molecule has 7 nitrogen and oxygen atoms in total. The molecule has 1 rings (SSSR count). The zero-order valence-electron chi connectivity index (χ0n) is 6.69. The smallest absolute Gasteiger partial charge is 0.477 e. The summed E-state index contributed by atoms with van der Waals surface area (Å²) in [7, 11) is -4.75. The van der Waals surface area contributed by atoms with Gasteiger partial charge in [-0.15, -0.1) is 0 Å². The lowest BCUT2D eigenvalue weighted by Gasteiger charge is -2.07. The highest BCUT2D eigenvalue weighted by Crippen LogP contribution is 2.38. The zero-order valence-corrected chi connectivity index (χ0v) is 7.59. The van der Waals surface area contributed by atoms with Crippen LogP contribution in [0.5, 0.6) is 5.75 Å². The molecule has 0 aliphatic carbocycles. The molecule has 0 saturated heterocycles. The van der Waals surface area contributed by atoms with Crippen molar-refractivity contribution in [3.05, 3.63) is 24.0 Å². The summed E-state index contributed by atoms with van der Waals surface area (Å²) in [4.78, 5) is 30.9. The van der Waals surface area contributed by atoms with Crippen molar-refractivity contribution in [3.8, 4) is 5.75 Å². The Morgan fingerprint density at radius 2 is 2.14 bits per heavy atom. The van der Waals surface area contributed by atoms with E-state index in [1.54, 1.807) is 0 Å². The minimum Gasteiger partial charge on any atom is -0.477 e. The van der Waals surface area contributed by atoms with E-state index >= 15 is 0 Å². The van der Waals surface area contributed by atoms with Crippen LogP contribution in [0.3, 0.4) is 0 Å². The number of hydrogen-bond acceptors (Lipinski definition) is 4. The number of aromatic carboxylic acids is 1. The fourth-order valence-electron chi connectivity index (χ4n) is 0.750. The molecule has 0 unspecified atom stereocenters. The Hall–Kier alpha value is -1.43. The molecule has 0 atom stereocenters. The second kappa shape index (κ2) is 3.75. The Labute approximate surface area is 78.2 Å². The van der Waals surface area contributed by atoms with Gasteiger partial charge in [0, 0.05) is 12.4 Å². The highest BCUT2D eigenvalue weighted by Gasteiger charge is 2.20. The normalized spacial score (nSPS) is 11.0. The number of carboxylic acids is 1. The van der Waals surface area contributed by atoms with Crippen LogP contribution in [0, 0.1) is 0 Å². The highest BCUT2D eigenvalue weighted by atomic mass is 31.2. The van der Waals surface area contributed by atoms with Crippen LogP contribution in [0.1, 0.15) is 10.4 Å². The minimum atomic E-state index is -4.75. The molecule has 14 heavy (non-hydrogen) atoms. The molecule has 0 aliphatic rings. The molecule has 1 aromatic rings. The van der Waals surface area contributed by atoms with Gasteiger partial charge in [-0.1, -0.05) is 0 Å². The van der Waals surface area contributed by atoms with E-state index < -0.39 is 25.1 Å². The van der Waals surface area contributed by atoms with E-state index in [4.69, 9.17) is 14.9 Å². The van der Waals surface area contributed by atoms with Crippen molar-refractivity contribution in [3.63, 3.8) is 0 Å². The fraction of sp³-hybridized carbons (Fsp3) is 0. The Kier molecular flexibility index (Phi) is 2.85. The molecule has 0 spiro atoms. The van der Waals surface area contributed by atoms with Gasteiger partial charge in [0.05, 0.1) is 0 Å². The largest absolute Gasteiger partial charge is 0.524 e. The number of carboxylic acid groups (broad SMARTS) is 1. The van der Waals surface area contributed by atoms with Gasteiger partial charge in [0.2, 0.25) is 0 Å². The van der Waals surface area contributed by atoms with E-state index in [0.29, 0.717) is 0 Å².